The van der Waals surface area contributed by atoms with E-state index in [2.05, 4.69) is 6.58 Å². The van der Waals surface area contributed by atoms with Crippen molar-refractivity contribution in [3.05, 3.63) is 67.3 Å². The maximum Gasteiger partial charge on any atom is 0.246 e. The van der Waals surface area contributed by atoms with Crippen molar-refractivity contribution in [3.63, 3.8) is 0 Å². The highest BCUT2D eigenvalue weighted by molar-refractivity contribution is 5.87. The molecule has 1 heterocycles. The van der Waals surface area contributed by atoms with Crippen LogP contribution in [-0.2, 0) is 4.79 Å². The third kappa shape index (κ3) is 3.65. The van der Waals surface area contributed by atoms with Gasteiger partial charge in [0, 0.05) is 13.0 Å². The van der Waals surface area contributed by atoms with Crippen LogP contribution in [0.4, 0.5) is 4.39 Å². The second-order valence-electron chi connectivity index (χ2n) is 5.84. The van der Waals surface area contributed by atoms with E-state index in [1.807, 2.05) is 54.6 Å². The molecule has 0 unspecified atom stereocenters. The largest absolute Gasteiger partial charge is 0.487 e. The number of benzene rings is 2. The number of hydrogen-bond acceptors (Lipinski definition) is 2. The molecule has 3 rings (SSSR count). The van der Waals surface area contributed by atoms with Crippen molar-refractivity contribution >= 4 is 5.91 Å². The minimum atomic E-state index is -1.21. The lowest BCUT2D eigenvalue weighted by Gasteiger charge is -2.34. The molecule has 1 aliphatic heterocycles. The zero-order chi connectivity index (χ0) is 16.9. The third-order valence-corrected chi connectivity index (χ3v) is 4.20. The summed E-state index contributed by atoms with van der Waals surface area (Å²) in [5, 5.41) is 0. The van der Waals surface area contributed by atoms with E-state index in [1.165, 1.54) is 11.0 Å². The molecule has 0 bridgehead atoms. The zero-order valence-corrected chi connectivity index (χ0v) is 13.4. The molecule has 124 valence electrons. The van der Waals surface area contributed by atoms with Gasteiger partial charge in [-0.3, -0.25) is 4.79 Å². The Bertz CT molecular complexity index is 717. The van der Waals surface area contributed by atoms with E-state index >= 15 is 0 Å². The summed E-state index contributed by atoms with van der Waals surface area (Å²) in [6.45, 7) is 3.97. The SMILES string of the molecule is C=CC(=O)N1CC[C@@H](Oc2cccc(-c3ccccc3)c2)[C@H](F)C1. The van der Waals surface area contributed by atoms with Crippen LogP contribution in [0, 0.1) is 0 Å². The van der Waals surface area contributed by atoms with Crippen molar-refractivity contribution in [2.45, 2.75) is 18.7 Å². The molecular formula is C20H20FNO2. The van der Waals surface area contributed by atoms with Crippen LogP contribution < -0.4 is 4.74 Å². The van der Waals surface area contributed by atoms with Crippen LogP contribution in [0.2, 0.25) is 0 Å². The lowest BCUT2D eigenvalue weighted by molar-refractivity contribution is -0.129. The standard InChI is InChI=1S/C20H20FNO2/c1-2-20(23)22-12-11-19(18(21)14-22)24-17-10-6-9-16(13-17)15-7-4-3-5-8-15/h2-10,13,18-19H,1,11-12,14H2/t18-,19-/m1/s1. The van der Waals surface area contributed by atoms with Crippen LogP contribution in [0.3, 0.4) is 0 Å². The maximum absolute atomic E-state index is 14.4. The Balaban J connectivity index is 1.69. The number of carbonyl (C=O) groups excluding carboxylic acids is 1. The summed E-state index contributed by atoms with van der Waals surface area (Å²) in [5.74, 6) is 0.412. The molecule has 1 aliphatic rings. The van der Waals surface area contributed by atoms with Gasteiger partial charge < -0.3 is 9.64 Å². The van der Waals surface area contributed by atoms with Crippen LogP contribution >= 0.6 is 0 Å². The summed E-state index contributed by atoms with van der Waals surface area (Å²) >= 11 is 0. The number of alkyl halides is 1. The summed E-state index contributed by atoms with van der Waals surface area (Å²) in [5.41, 5.74) is 2.12. The van der Waals surface area contributed by atoms with E-state index in [9.17, 15) is 9.18 Å². The van der Waals surface area contributed by atoms with Gasteiger partial charge in [0.05, 0.1) is 6.54 Å². The Morgan fingerprint density at radius 2 is 1.92 bits per heavy atom. The number of halogens is 1. The Hall–Kier alpha value is -2.62. The summed E-state index contributed by atoms with van der Waals surface area (Å²) in [4.78, 5) is 13.0. The van der Waals surface area contributed by atoms with Crippen molar-refractivity contribution in [1.29, 1.82) is 0 Å². The van der Waals surface area contributed by atoms with Gasteiger partial charge in [0.15, 0.2) is 6.17 Å². The van der Waals surface area contributed by atoms with Gasteiger partial charge in [-0.25, -0.2) is 4.39 Å². The number of likely N-dealkylation sites (tertiary alicyclic amines) is 1. The number of rotatable bonds is 4. The highest BCUT2D eigenvalue weighted by atomic mass is 19.1. The lowest BCUT2D eigenvalue weighted by atomic mass is 10.0. The second-order valence-corrected chi connectivity index (χ2v) is 5.84. The number of amides is 1. The lowest BCUT2D eigenvalue weighted by Crippen LogP contribution is -2.48. The number of carbonyl (C=O) groups is 1. The van der Waals surface area contributed by atoms with E-state index in [1.54, 1.807) is 0 Å². The number of ether oxygens (including phenoxy) is 1. The molecule has 0 aliphatic carbocycles. The molecule has 2 aromatic rings. The Morgan fingerprint density at radius 1 is 1.17 bits per heavy atom. The van der Waals surface area contributed by atoms with Crippen LogP contribution in [-0.4, -0.2) is 36.2 Å². The smallest absolute Gasteiger partial charge is 0.246 e. The van der Waals surface area contributed by atoms with Crippen molar-refractivity contribution in [2.75, 3.05) is 13.1 Å². The topological polar surface area (TPSA) is 29.5 Å². The van der Waals surface area contributed by atoms with E-state index in [0.29, 0.717) is 18.7 Å². The first-order valence-corrected chi connectivity index (χ1v) is 8.05. The first kappa shape index (κ1) is 16.2. The fourth-order valence-electron chi connectivity index (χ4n) is 2.90. The molecule has 3 nitrogen and oxygen atoms in total. The van der Waals surface area contributed by atoms with Gasteiger partial charge in [0.1, 0.15) is 11.9 Å². The molecule has 1 saturated heterocycles. The molecule has 2 aromatic carbocycles. The summed E-state index contributed by atoms with van der Waals surface area (Å²) in [6, 6.07) is 17.6. The van der Waals surface area contributed by atoms with E-state index in [-0.39, 0.29) is 12.5 Å². The van der Waals surface area contributed by atoms with Crippen molar-refractivity contribution in [2.24, 2.45) is 0 Å². The summed E-state index contributed by atoms with van der Waals surface area (Å²) in [6.07, 6.45) is -0.0546. The minimum Gasteiger partial charge on any atom is -0.487 e. The molecule has 4 heteroatoms. The van der Waals surface area contributed by atoms with Crippen molar-refractivity contribution < 1.29 is 13.9 Å². The van der Waals surface area contributed by atoms with E-state index < -0.39 is 12.3 Å². The van der Waals surface area contributed by atoms with Gasteiger partial charge in [-0.2, -0.15) is 0 Å². The van der Waals surface area contributed by atoms with Crippen LogP contribution in [0.1, 0.15) is 6.42 Å². The van der Waals surface area contributed by atoms with Gasteiger partial charge in [-0.15, -0.1) is 0 Å². The third-order valence-electron chi connectivity index (χ3n) is 4.20. The Kier molecular flexibility index (Phi) is 4.94. The average Bonchev–Trinajstić information content (AvgIpc) is 2.63. The molecule has 2 atom stereocenters. The first-order chi connectivity index (χ1) is 11.7. The molecule has 0 saturated carbocycles. The minimum absolute atomic E-state index is 0.0495. The maximum atomic E-state index is 14.4. The molecular weight excluding hydrogens is 305 g/mol. The normalized spacial score (nSPS) is 20.5. The van der Waals surface area contributed by atoms with Crippen LogP contribution in [0.25, 0.3) is 11.1 Å². The Morgan fingerprint density at radius 3 is 2.62 bits per heavy atom. The van der Waals surface area contributed by atoms with Gasteiger partial charge in [0.2, 0.25) is 5.91 Å². The monoisotopic (exact) mass is 325 g/mol. The van der Waals surface area contributed by atoms with Gasteiger partial charge in [0.25, 0.3) is 0 Å². The van der Waals surface area contributed by atoms with E-state index in [4.69, 9.17) is 4.74 Å². The molecule has 1 amide bonds. The number of piperidine rings is 1. The Labute approximate surface area is 141 Å². The van der Waals surface area contributed by atoms with E-state index in [0.717, 1.165) is 11.1 Å². The highest BCUT2D eigenvalue weighted by Crippen LogP contribution is 2.26. The quantitative estimate of drug-likeness (QED) is 0.799. The molecule has 0 aromatic heterocycles. The molecule has 0 N–H and O–H groups in total. The fourth-order valence-corrected chi connectivity index (χ4v) is 2.90. The van der Waals surface area contributed by atoms with Gasteiger partial charge in [-0.1, -0.05) is 49.0 Å². The number of hydrogen-bond donors (Lipinski definition) is 0. The zero-order valence-electron chi connectivity index (χ0n) is 13.4. The average molecular weight is 325 g/mol. The molecule has 0 radical (unpaired) electrons. The highest BCUT2D eigenvalue weighted by Gasteiger charge is 2.32. The predicted molar refractivity (Wildman–Crippen MR) is 92.6 cm³/mol. The van der Waals surface area contributed by atoms with Crippen molar-refractivity contribution in [1.82, 2.24) is 4.90 Å². The molecule has 24 heavy (non-hydrogen) atoms. The van der Waals surface area contributed by atoms with Crippen LogP contribution in [0.5, 0.6) is 5.75 Å². The van der Waals surface area contributed by atoms with Gasteiger partial charge in [-0.05, 0) is 29.3 Å². The first-order valence-electron chi connectivity index (χ1n) is 8.05. The fraction of sp³-hybridized carbons (Fsp3) is 0.250. The van der Waals surface area contributed by atoms with Crippen molar-refractivity contribution in [3.8, 4) is 16.9 Å². The summed E-state index contributed by atoms with van der Waals surface area (Å²) in [7, 11) is 0. The molecule has 0 spiro atoms. The van der Waals surface area contributed by atoms with Crippen LogP contribution in [0.15, 0.2) is 67.3 Å². The number of nitrogens with zero attached hydrogens (tertiary/aromatic N) is 1. The van der Waals surface area contributed by atoms with Gasteiger partial charge >= 0.3 is 0 Å². The second kappa shape index (κ2) is 7.30. The summed E-state index contributed by atoms with van der Waals surface area (Å²) < 4.78 is 20.2. The predicted octanol–water partition coefficient (Wildman–Crippen LogP) is 3.86. The molecule has 1 fully saturated rings.